The molecule has 0 spiro atoms. The minimum atomic E-state index is -1.09. The number of carbonyl (C=O) groups excluding carboxylic acids is 3. The van der Waals surface area contributed by atoms with Gasteiger partial charge in [-0.15, -0.1) is 12.3 Å². The topological polar surface area (TPSA) is 93.7 Å². The highest BCUT2D eigenvalue weighted by atomic mass is 16.6. The molecule has 0 aromatic heterocycles. The normalized spacial score (nSPS) is 23.4. The molecule has 1 aliphatic rings. The molecule has 1 saturated heterocycles. The molecule has 7 nitrogen and oxygen atoms in total. The second-order valence-electron chi connectivity index (χ2n) is 8.25. The lowest BCUT2D eigenvalue weighted by Gasteiger charge is -2.34. The highest BCUT2D eigenvalue weighted by Gasteiger charge is 2.49. The molecule has 7 heteroatoms. The van der Waals surface area contributed by atoms with E-state index in [1.807, 2.05) is 0 Å². The number of rotatable bonds is 4. The molecule has 2 N–H and O–H groups in total. The van der Waals surface area contributed by atoms with E-state index in [0.29, 0.717) is 0 Å². The van der Waals surface area contributed by atoms with Crippen LogP contribution in [0.2, 0.25) is 0 Å². The number of nitrogens with one attached hydrogen (secondary N) is 2. The molecule has 140 valence electrons. The molecule has 1 aliphatic heterocycles. The van der Waals surface area contributed by atoms with Gasteiger partial charge in [-0.05, 0) is 41.5 Å². The molecule has 0 aromatic carbocycles. The summed E-state index contributed by atoms with van der Waals surface area (Å²) in [5, 5.41) is 5.41. The van der Waals surface area contributed by atoms with E-state index >= 15 is 0 Å². The smallest absolute Gasteiger partial charge is 0.407 e. The highest BCUT2D eigenvalue weighted by Crippen LogP contribution is 2.29. The largest absolute Gasteiger partial charge is 0.460 e. The first-order valence-corrected chi connectivity index (χ1v) is 8.22. The number of hydrogen-bond acceptors (Lipinski definition) is 5. The number of hydrogen-bond donors (Lipinski definition) is 2. The number of carbonyl (C=O) groups is 3. The van der Waals surface area contributed by atoms with E-state index < -0.39 is 34.8 Å². The first-order chi connectivity index (χ1) is 11.3. The van der Waals surface area contributed by atoms with Crippen LogP contribution in [0.4, 0.5) is 4.79 Å². The zero-order chi connectivity index (χ0) is 19.5. The van der Waals surface area contributed by atoms with Gasteiger partial charge >= 0.3 is 12.1 Å². The Morgan fingerprint density at radius 2 is 1.80 bits per heavy atom. The van der Waals surface area contributed by atoms with Crippen LogP contribution in [0.15, 0.2) is 0 Å². The van der Waals surface area contributed by atoms with Crippen LogP contribution >= 0.6 is 0 Å². The standard InChI is InChI=1S/C18H28N2O5/c1-8-9-18(11-14(22)24-16(2,3)4)12(10-13(21)20-18)19-15(23)25-17(5,6)7/h1,12H,9-11H2,2-7H3,(H,19,23)(H,20,21)/t12-,18+/m0/s1. The van der Waals surface area contributed by atoms with Gasteiger partial charge in [0.15, 0.2) is 0 Å². The van der Waals surface area contributed by atoms with Crippen LogP contribution in [0.5, 0.6) is 0 Å². The first kappa shape index (κ1) is 20.8. The molecule has 1 fully saturated rings. The fourth-order valence-corrected chi connectivity index (χ4v) is 2.65. The van der Waals surface area contributed by atoms with E-state index in [4.69, 9.17) is 15.9 Å². The molecule has 0 aliphatic carbocycles. The summed E-state index contributed by atoms with van der Waals surface area (Å²) in [4.78, 5) is 36.3. The van der Waals surface area contributed by atoms with Gasteiger partial charge in [0.05, 0.1) is 18.0 Å². The van der Waals surface area contributed by atoms with Gasteiger partial charge in [0, 0.05) is 12.8 Å². The fourth-order valence-electron chi connectivity index (χ4n) is 2.65. The predicted octanol–water partition coefficient (Wildman–Crippen LogP) is 1.89. The fraction of sp³-hybridized carbons (Fsp3) is 0.722. The molecule has 25 heavy (non-hydrogen) atoms. The van der Waals surface area contributed by atoms with Crippen molar-refractivity contribution in [2.45, 2.75) is 83.6 Å². The first-order valence-electron chi connectivity index (χ1n) is 8.22. The lowest BCUT2D eigenvalue weighted by Crippen LogP contribution is -2.57. The Hall–Kier alpha value is -2.23. The second kappa shape index (κ2) is 7.34. The van der Waals surface area contributed by atoms with Crippen molar-refractivity contribution in [1.29, 1.82) is 0 Å². The monoisotopic (exact) mass is 352 g/mol. The summed E-state index contributed by atoms with van der Waals surface area (Å²) >= 11 is 0. The minimum absolute atomic E-state index is 0.0176. The number of alkyl carbamates (subject to hydrolysis) is 1. The van der Waals surface area contributed by atoms with Crippen molar-refractivity contribution in [3.05, 3.63) is 0 Å². The molecule has 1 heterocycles. The molecule has 1 rings (SSSR count). The average molecular weight is 352 g/mol. The van der Waals surface area contributed by atoms with Crippen molar-refractivity contribution in [2.75, 3.05) is 0 Å². The van der Waals surface area contributed by atoms with Crippen molar-refractivity contribution >= 4 is 18.0 Å². The SMILES string of the molecule is C#CC[C@]1(CC(=O)OC(C)(C)C)NC(=O)C[C@@H]1NC(=O)OC(C)(C)C. The van der Waals surface area contributed by atoms with E-state index in [1.165, 1.54) is 0 Å². The third-order valence-electron chi connectivity index (χ3n) is 3.43. The summed E-state index contributed by atoms with van der Waals surface area (Å²) in [5.41, 5.74) is -2.43. The maximum atomic E-state index is 12.3. The third-order valence-corrected chi connectivity index (χ3v) is 3.43. The van der Waals surface area contributed by atoms with Crippen LogP contribution in [-0.2, 0) is 19.1 Å². The summed E-state index contributed by atoms with van der Waals surface area (Å²) in [7, 11) is 0. The van der Waals surface area contributed by atoms with Crippen molar-refractivity contribution in [2.24, 2.45) is 0 Å². The van der Waals surface area contributed by atoms with Crippen molar-refractivity contribution in [1.82, 2.24) is 10.6 Å². The zero-order valence-corrected chi connectivity index (χ0v) is 15.8. The maximum absolute atomic E-state index is 12.3. The van der Waals surface area contributed by atoms with Crippen LogP contribution in [0, 0.1) is 12.3 Å². The lowest BCUT2D eigenvalue weighted by atomic mass is 9.85. The predicted molar refractivity (Wildman–Crippen MR) is 92.6 cm³/mol. The number of amides is 2. The molecule has 0 aromatic rings. The Morgan fingerprint density at radius 3 is 2.28 bits per heavy atom. The van der Waals surface area contributed by atoms with Crippen LogP contribution in [0.25, 0.3) is 0 Å². The zero-order valence-electron chi connectivity index (χ0n) is 15.8. The van der Waals surface area contributed by atoms with Gasteiger partial charge in [-0.1, -0.05) is 0 Å². The quantitative estimate of drug-likeness (QED) is 0.595. The Balaban J connectivity index is 2.96. The Kier molecular flexibility index (Phi) is 6.11. The van der Waals surface area contributed by atoms with Gasteiger partial charge in [-0.3, -0.25) is 9.59 Å². The van der Waals surface area contributed by atoms with E-state index in [1.54, 1.807) is 41.5 Å². The summed E-state index contributed by atoms with van der Waals surface area (Å²) in [6, 6.07) is -0.668. The molecule has 0 saturated carbocycles. The van der Waals surface area contributed by atoms with Gasteiger partial charge < -0.3 is 20.1 Å². The minimum Gasteiger partial charge on any atom is -0.460 e. The molecule has 2 atom stereocenters. The van der Waals surface area contributed by atoms with Gasteiger partial charge in [-0.25, -0.2) is 4.79 Å². The number of ether oxygens (including phenoxy) is 2. The van der Waals surface area contributed by atoms with Crippen LogP contribution in [-0.4, -0.2) is 40.8 Å². The highest BCUT2D eigenvalue weighted by molar-refractivity contribution is 5.84. The average Bonchev–Trinajstić information content (AvgIpc) is 2.60. The molecular weight excluding hydrogens is 324 g/mol. The van der Waals surface area contributed by atoms with E-state index in [9.17, 15) is 14.4 Å². The Morgan fingerprint density at radius 1 is 1.24 bits per heavy atom. The van der Waals surface area contributed by atoms with Gasteiger partial charge in [0.1, 0.15) is 11.2 Å². The van der Waals surface area contributed by atoms with Gasteiger partial charge in [-0.2, -0.15) is 0 Å². The molecule has 2 amide bonds. The third kappa shape index (κ3) is 6.65. The van der Waals surface area contributed by atoms with Crippen LogP contribution < -0.4 is 10.6 Å². The second-order valence-corrected chi connectivity index (χ2v) is 8.25. The number of esters is 1. The molecular formula is C18H28N2O5. The van der Waals surface area contributed by atoms with Crippen molar-refractivity contribution in [3.8, 4) is 12.3 Å². The van der Waals surface area contributed by atoms with E-state index in [0.717, 1.165) is 0 Å². The van der Waals surface area contributed by atoms with Gasteiger partial charge in [0.25, 0.3) is 0 Å². The lowest BCUT2D eigenvalue weighted by molar-refractivity contribution is -0.156. The van der Waals surface area contributed by atoms with Gasteiger partial charge in [0.2, 0.25) is 5.91 Å². The summed E-state index contributed by atoms with van der Waals surface area (Å²) in [6.45, 7) is 10.5. The summed E-state index contributed by atoms with van der Waals surface area (Å²) in [5.74, 6) is 1.69. The summed E-state index contributed by atoms with van der Waals surface area (Å²) < 4.78 is 10.6. The summed E-state index contributed by atoms with van der Waals surface area (Å²) in [6.07, 6.45) is 4.73. The van der Waals surface area contributed by atoms with Crippen molar-refractivity contribution < 1.29 is 23.9 Å². The molecule has 0 radical (unpaired) electrons. The molecule has 0 unspecified atom stereocenters. The van der Waals surface area contributed by atoms with E-state index in [2.05, 4.69) is 16.6 Å². The number of terminal acetylenes is 1. The van der Waals surface area contributed by atoms with Crippen molar-refractivity contribution in [3.63, 3.8) is 0 Å². The van der Waals surface area contributed by atoms with E-state index in [-0.39, 0.29) is 25.2 Å². The molecule has 0 bridgehead atoms. The van der Waals surface area contributed by atoms with Crippen LogP contribution in [0.1, 0.15) is 60.8 Å². The Bertz CT molecular complexity index is 580. The Labute approximate surface area is 149 Å². The van der Waals surface area contributed by atoms with Crippen LogP contribution in [0.3, 0.4) is 0 Å². The maximum Gasteiger partial charge on any atom is 0.407 e.